The van der Waals surface area contributed by atoms with E-state index in [1.165, 1.54) is 31.2 Å². The number of hydrogen-bond acceptors (Lipinski definition) is 3. The Kier molecular flexibility index (Phi) is 5.96. The lowest BCUT2D eigenvalue weighted by molar-refractivity contribution is -0.120. The molecule has 0 heterocycles. The van der Waals surface area contributed by atoms with Crippen LogP contribution < -0.4 is 5.32 Å². The van der Waals surface area contributed by atoms with Gasteiger partial charge in [-0.05, 0) is 36.2 Å². The smallest absolute Gasteiger partial charge is 0.238 e. The van der Waals surface area contributed by atoms with Crippen LogP contribution >= 0.6 is 11.6 Å². The van der Waals surface area contributed by atoms with Gasteiger partial charge in [-0.3, -0.25) is 4.79 Å². The lowest BCUT2D eigenvalue weighted by Gasteiger charge is -2.14. The van der Waals surface area contributed by atoms with Crippen molar-refractivity contribution >= 4 is 27.3 Å². The Hall–Kier alpha value is -1.92. The molecule has 24 heavy (non-hydrogen) atoms. The van der Waals surface area contributed by atoms with E-state index in [1.54, 1.807) is 24.3 Å². The van der Waals surface area contributed by atoms with Gasteiger partial charge >= 0.3 is 0 Å². The maximum absolute atomic E-state index is 12.8. The van der Waals surface area contributed by atoms with Gasteiger partial charge in [0, 0.05) is 11.6 Å². The third-order valence-corrected chi connectivity index (χ3v) is 5.98. The predicted molar refractivity (Wildman–Crippen MR) is 91.8 cm³/mol. The van der Waals surface area contributed by atoms with Crippen molar-refractivity contribution in [3.05, 3.63) is 70.5 Å². The van der Waals surface area contributed by atoms with E-state index in [1.807, 2.05) is 0 Å². The Morgan fingerprint density at radius 3 is 2.42 bits per heavy atom. The maximum atomic E-state index is 12.8. The van der Waals surface area contributed by atoms with Crippen molar-refractivity contribution in [2.45, 2.75) is 24.5 Å². The third kappa shape index (κ3) is 4.79. The molecular formula is C17H17ClFNO3S. The van der Waals surface area contributed by atoms with Crippen LogP contribution in [0.25, 0.3) is 0 Å². The number of sulfone groups is 1. The largest absolute Gasteiger partial charge is 0.351 e. The summed E-state index contributed by atoms with van der Waals surface area (Å²) >= 11 is 5.97. The topological polar surface area (TPSA) is 63.2 Å². The molecule has 4 nitrogen and oxygen atoms in total. The number of carbonyl (C=O) groups excluding carboxylic acids is 1. The van der Waals surface area contributed by atoms with E-state index in [9.17, 15) is 17.6 Å². The molecule has 1 atom stereocenters. The summed E-state index contributed by atoms with van der Waals surface area (Å²) in [6.45, 7) is 1.47. The average molecular weight is 370 g/mol. The number of hydrogen-bond donors (Lipinski definition) is 1. The zero-order chi connectivity index (χ0) is 17.7. The first-order valence-electron chi connectivity index (χ1n) is 7.27. The van der Waals surface area contributed by atoms with Gasteiger partial charge in [-0.15, -0.1) is 0 Å². The lowest BCUT2D eigenvalue weighted by atomic mass is 10.2. The highest BCUT2D eigenvalue weighted by molar-refractivity contribution is 7.92. The molecule has 0 spiro atoms. The molecule has 0 bridgehead atoms. The molecule has 0 aromatic heterocycles. The Morgan fingerprint density at radius 1 is 1.17 bits per heavy atom. The standard InChI is InChI=1S/C17H17ClFNO3S/c1-12(17(21)20-10-13-6-8-15(19)9-7-13)24(22,23)11-14-4-2-3-5-16(14)18/h2-9,12H,10-11H2,1H3,(H,20,21). The van der Waals surface area contributed by atoms with Crippen LogP contribution in [0.1, 0.15) is 18.1 Å². The van der Waals surface area contributed by atoms with Gasteiger partial charge in [-0.1, -0.05) is 41.9 Å². The molecule has 2 rings (SSSR count). The summed E-state index contributed by atoms with van der Waals surface area (Å²) in [4.78, 5) is 12.1. The number of rotatable bonds is 6. The Balaban J connectivity index is 2.00. The van der Waals surface area contributed by atoms with Crippen LogP contribution in [-0.4, -0.2) is 19.6 Å². The van der Waals surface area contributed by atoms with Crippen LogP contribution in [0.4, 0.5) is 4.39 Å². The summed E-state index contributed by atoms with van der Waals surface area (Å²) in [6, 6.07) is 12.2. The highest BCUT2D eigenvalue weighted by Crippen LogP contribution is 2.20. The fraction of sp³-hybridized carbons (Fsp3) is 0.235. The number of carbonyl (C=O) groups is 1. The van der Waals surface area contributed by atoms with Crippen LogP contribution in [0, 0.1) is 5.82 Å². The summed E-state index contributed by atoms with van der Waals surface area (Å²) in [6.07, 6.45) is 0. The van der Waals surface area contributed by atoms with Gasteiger partial charge in [0.25, 0.3) is 0 Å². The molecule has 0 radical (unpaired) electrons. The number of nitrogens with one attached hydrogen (secondary N) is 1. The molecule has 128 valence electrons. The summed E-state index contributed by atoms with van der Waals surface area (Å²) in [5, 5.41) is 1.68. The van der Waals surface area contributed by atoms with Gasteiger partial charge < -0.3 is 5.32 Å². The second-order valence-electron chi connectivity index (χ2n) is 5.39. The Morgan fingerprint density at radius 2 is 1.79 bits per heavy atom. The van der Waals surface area contributed by atoms with Crippen LogP contribution in [0.15, 0.2) is 48.5 Å². The zero-order valence-corrected chi connectivity index (χ0v) is 14.6. The van der Waals surface area contributed by atoms with Crippen molar-refractivity contribution in [2.75, 3.05) is 0 Å². The van der Waals surface area contributed by atoms with Crippen molar-refractivity contribution in [1.29, 1.82) is 0 Å². The van der Waals surface area contributed by atoms with Gasteiger partial charge in [0.1, 0.15) is 11.1 Å². The van der Waals surface area contributed by atoms with E-state index in [2.05, 4.69) is 5.32 Å². The van der Waals surface area contributed by atoms with Crippen LogP contribution in [-0.2, 0) is 26.9 Å². The fourth-order valence-electron chi connectivity index (χ4n) is 2.06. The fourth-order valence-corrected chi connectivity index (χ4v) is 3.68. The normalized spacial score (nSPS) is 12.6. The van der Waals surface area contributed by atoms with E-state index in [0.29, 0.717) is 16.1 Å². The average Bonchev–Trinajstić information content (AvgIpc) is 2.55. The van der Waals surface area contributed by atoms with Gasteiger partial charge in [-0.2, -0.15) is 0 Å². The zero-order valence-electron chi connectivity index (χ0n) is 13.0. The molecule has 2 aromatic rings. The highest BCUT2D eigenvalue weighted by atomic mass is 35.5. The minimum absolute atomic E-state index is 0.130. The van der Waals surface area contributed by atoms with Crippen molar-refractivity contribution < 1.29 is 17.6 Å². The van der Waals surface area contributed by atoms with Crippen molar-refractivity contribution in [1.82, 2.24) is 5.32 Å². The first-order valence-corrected chi connectivity index (χ1v) is 9.36. The molecule has 1 N–H and O–H groups in total. The molecule has 1 unspecified atom stereocenters. The maximum Gasteiger partial charge on any atom is 0.238 e. The first-order chi connectivity index (χ1) is 11.3. The molecule has 0 aliphatic heterocycles. The number of amides is 1. The van der Waals surface area contributed by atoms with Crippen molar-refractivity contribution in [3.8, 4) is 0 Å². The van der Waals surface area contributed by atoms with Crippen molar-refractivity contribution in [3.63, 3.8) is 0 Å². The second kappa shape index (κ2) is 7.77. The summed E-state index contributed by atoms with van der Waals surface area (Å²) in [7, 11) is -3.70. The second-order valence-corrected chi connectivity index (χ2v) is 8.11. The molecule has 0 aliphatic rings. The monoisotopic (exact) mass is 369 g/mol. The molecule has 2 aromatic carbocycles. The quantitative estimate of drug-likeness (QED) is 0.851. The molecule has 0 saturated carbocycles. The summed E-state index contributed by atoms with van der Waals surface area (Å²) in [5.74, 6) is -1.29. The van der Waals surface area contributed by atoms with Gasteiger partial charge in [0.2, 0.25) is 5.91 Å². The van der Waals surface area contributed by atoms with Crippen LogP contribution in [0.2, 0.25) is 5.02 Å². The minimum atomic E-state index is -3.70. The van der Waals surface area contributed by atoms with Crippen LogP contribution in [0.3, 0.4) is 0 Å². The lowest BCUT2D eigenvalue weighted by Crippen LogP contribution is -2.38. The molecule has 0 saturated heterocycles. The van der Waals surface area contributed by atoms with E-state index in [0.717, 1.165) is 0 Å². The van der Waals surface area contributed by atoms with E-state index in [4.69, 9.17) is 11.6 Å². The Bertz CT molecular complexity index is 822. The van der Waals surface area contributed by atoms with Gasteiger partial charge in [-0.25, -0.2) is 12.8 Å². The molecular weight excluding hydrogens is 353 g/mol. The molecule has 0 fully saturated rings. The van der Waals surface area contributed by atoms with E-state index < -0.39 is 21.0 Å². The molecule has 0 aliphatic carbocycles. The number of benzene rings is 2. The first kappa shape index (κ1) is 18.4. The van der Waals surface area contributed by atoms with E-state index >= 15 is 0 Å². The van der Waals surface area contributed by atoms with E-state index in [-0.39, 0.29) is 18.1 Å². The highest BCUT2D eigenvalue weighted by Gasteiger charge is 2.28. The summed E-state index contributed by atoms with van der Waals surface area (Å²) < 4.78 is 37.6. The third-order valence-electron chi connectivity index (χ3n) is 3.60. The SMILES string of the molecule is CC(C(=O)NCc1ccc(F)cc1)S(=O)(=O)Cc1ccccc1Cl. The minimum Gasteiger partial charge on any atom is -0.351 e. The molecule has 7 heteroatoms. The van der Waals surface area contributed by atoms with Crippen LogP contribution in [0.5, 0.6) is 0 Å². The Labute approximate surface area is 145 Å². The van der Waals surface area contributed by atoms with Crippen molar-refractivity contribution in [2.24, 2.45) is 0 Å². The number of halogens is 2. The predicted octanol–water partition coefficient (Wildman–Crippen LogP) is 3.10. The van der Waals surface area contributed by atoms with Gasteiger partial charge in [0.15, 0.2) is 9.84 Å². The molecule has 1 amide bonds. The van der Waals surface area contributed by atoms with Gasteiger partial charge in [0.05, 0.1) is 5.75 Å². The summed E-state index contributed by atoms with van der Waals surface area (Å²) in [5.41, 5.74) is 1.14.